The van der Waals surface area contributed by atoms with E-state index >= 15 is 0 Å². The van der Waals surface area contributed by atoms with E-state index in [-0.39, 0.29) is 36.8 Å². The summed E-state index contributed by atoms with van der Waals surface area (Å²) in [6.45, 7) is 6.91. The fourth-order valence-corrected chi connectivity index (χ4v) is 2.81. The Morgan fingerprint density at radius 3 is 2.62 bits per heavy atom. The van der Waals surface area contributed by atoms with Crippen LogP contribution in [0, 0.1) is 5.92 Å². The molecule has 0 spiro atoms. The van der Waals surface area contributed by atoms with E-state index < -0.39 is 0 Å². The number of aromatic nitrogens is 1. The van der Waals surface area contributed by atoms with E-state index in [1.54, 1.807) is 11.3 Å². The Bertz CT molecular complexity index is 399. The number of amides is 1. The molecule has 0 aliphatic heterocycles. The van der Waals surface area contributed by atoms with Crippen molar-refractivity contribution in [3.05, 3.63) is 16.1 Å². The third kappa shape index (κ3) is 8.61. The van der Waals surface area contributed by atoms with Crippen molar-refractivity contribution >= 4 is 42.1 Å². The van der Waals surface area contributed by atoms with Crippen LogP contribution in [0.4, 0.5) is 0 Å². The number of nitrogens with one attached hydrogen (secondary N) is 1. The Hall–Kier alpha value is -0.360. The maximum Gasteiger partial charge on any atom is 0.271 e. The molecule has 1 heterocycles. The molecule has 1 rings (SSSR count). The number of hydrogen-bond donors (Lipinski definition) is 2. The van der Waals surface area contributed by atoms with E-state index in [9.17, 15) is 4.79 Å². The van der Waals surface area contributed by atoms with Gasteiger partial charge in [0.05, 0.1) is 5.01 Å². The van der Waals surface area contributed by atoms with E-state index in [4.69, 9.17) is 5.73 Å². The van der Waals surface area contributed by atoms with Gasteiger partial charge in [0.25, 0.3) is 5.91 Å². The summed E-state index contributed by atoms with van der Waals surface area (Å²) in [6, 6.07) is 0.0581. The monoisotopic (exact) mass is 355 g/mol. The first-order chi connectivity index (χ1) is 9.06. The van der Waals surface area contributed by atoms with Crippen molar-refractivity contribution in [3.63, 3.8) is 0 Å². The number of carbonyl (C=O) groups is 1. The molecule has 0 fully saturated rings. The lowest BCUT2D eigenvalue weighted by Gasteiger charge is -2.15. The third-order valence-electron chi connectivity index (χ3n) is 2.89. The molecule has 1 aromatic rings. The van der Waals surface area contributed by atoms with Crippen LogP contribution in [0.1, 0.15) is 55.5 Å². The first kappa shape index (κ1) is 22.9. The van der Waals surface area contributed by atoms with Crippen LogP contribution in [0.2, 0.25) is 0 Å². The lowest BCUT2D eigenvalue weighted by molar-refractivity contribution is 0.0931. The predicted molar refractivity (Wildman–Crippen MR) is 95.0 cm³/mol. The van der Waals surface area contributed by atoms with Crippen molar-refractivity contribution in [1.82, 2.24) is 10.3 Å². The Kier molecular flexibility index (Phi) is 13.3. The number of hydrogen-bond acceptors (Lipinski definition) is 4. The molecule has 21 heavy (non-hydrogen) atoms. The average Bonchev–Trinajstić information content (AvgIpc) is 2.81. The third-order valence-corrected chi connectivity index (χ3v) is 3.76. The van der Waals surface area contributed by atoms with Crippen LogP contribution in [-0.4, -0.2) is 23.5 Å². The first-order valence-electron chi connectivity index (χ1n) is 7.02. The molecule has 1 aromatic heterocycles. The Balaban J connectivity index is 0. The molecule has 1 atom stereocenters. The molecule has 4 nitrogen and oxygen atoms in total. The largest absolute Gasteiger partial charge is 0.347 e. The summed E-state index contributed by atoms with van der Waals surface area (Å²) in [6.07, 6.45) is 4.05. The van der Waals surface area contributed by atoms with Gasteiger partial charge in [-0.05, 0) is 12.3 Å². The zero-order valence-electron chi connectivity index (χ0n) is 12.9. The van der Waals surface area contributed by atoms with Crippen LogP contribution in [0.25, 0.3) is 0 Å². The standard InChI is InChI=1S/C14H25N3OS.2ClH/c1-4-5-6-11(8-15)16-14(18)12-9-19-13(17-12)7-10(2)3;;/h9-11H,4-8,15H2,1-3H3,(H,16,18);2*1H. The lowest BCUT2D eigenvalue weighted by atomic mass is 10.1. The van der Waals surface area contributed by atoms with Gasteiger partial charge in [-0.15, -0.1) is 36.2 Å². The fraction of sp³-hybridized carbons (Fsp3) is 0.714. The Labute approximate surface area is 144 Å². The number of unbranched alkanes of at least 4 members (excludes halogenated alkanes) is 1. The lowest BCUT2D eigenvalue weighted by Crippen LogP contribution is -2.40. The minimum absolute atomic E-state index is 0. The highest BCUT2D eigenvalue weighted by Crippen LogP contribution is 2.14. The minimum Gasteiger partial charge on any atom is -0.347 e. The number of nitrogens with zero attached hydrogens (tertiary/aromatic N) is 1. The SMILES string of the molecule is CCCCC(CN)NC(=O)c1csc(CC(C)C)n1.Cl.Cl. The van der Waals surface area contributed by atoms with E-state index in [1.165, 1.54) is 0 Å². The highest BCUT2D eigenvalue weighted by Gasteiger charge is 2.15. The summed E-state index contributed by atoms with van der Waals surface area (Å²) in [5, 5.41) is 5.82. The number of nitrogens with two attached hydrogens (primary N) is 1. The predicted octanol–water partition coefficient (Wildman–Crippen LogP) is 3.43. The number of thiazole rings is 1. The topological polar surface area (TPSA) is 68.0 Å². The summed E-state index contributed by atoms with van der Waals surface area (Å²) in [7, 11) is 0. The molecule has 0 aliphatic carbocycles. The molecule has 0 saturated carbocycles. The second-order valence-corrected chi connectivity index (χ2v) is 6.22. The maximum atomic E-state index is 12.1. The molecule has 0 aromatic carbocycles. The van der Waals surface area contributed by atoms with Crippen LogP contribution in [0.5, 0.6) is 0 Å². The summed E-state index contributed by atoms with van der Waals surface area (Å²) in [4.78, 5) is 16.4. The molecular weight excluding hydrogens is 329 g/mol. The second kappa shape index (κ2) is 12.2. The molecule has 7 heteroatoms. The van der Waals surface area contributed by atoms with Crippen LogP contribution >= 0.6 is 36.2 Å². The summed E-state index contributed by atoms with van der Waals surface area (Å²) >= 11 is 1.56. The van der Waals surface area contributed by atoms with Gasteiger partial charge < -0.3 is 11.1 Å². The molecule has 0 radical (unpaired) electrons. The summed E-state index contributed by atoms with van der Waals surface area (Å²) in [5.74, 6) is 0.459. The van der Waals surface area contributed by atoms with Crippen LogP contribution < -0.4 is 11.1 Å². The zero-order chi connectivity index (χ0) is 14.3. The van der Waals surface area contributed by atoms with Gasteiger partial charge in [0.15, 0.2) is 0 Å². The molecule has 1 amide bonds. The quantitative estimate of drug-likeness (QED) is 0.750. The summed E-state index contributed by atoms with van der Waals surface area (Å²) < 4.78 is 0. The fourth-order valence-electron chi connectivity index (χ4n) is 1.82. The number of halogens is 2. The molecule has 0 bridgehead atoms. The maximum absolute atomic E-state index is 12.1. The van der Waals surface area contributed by atoms with Crippen molar-refractivity contribution in [1.29, 1.82) is 0 Å². The van der Waals surface area contributed by atoms with E-state index in [0.29, 0.717) is 18.2 Å². The first-order valence-corrected chi connectivity index (χ1v) is 7.90. The van der Waals surface area contributed by atoms with Crippen molar-refractivity contribution < 1.29 is 4.79 Å². The van der Waals surface area contributed by atoms with E-state index in [1.807, 2.05) is 5.38 Å². The van der Waals surface area contributed by atoms with Crippen LogP contribution in [0.15, 0.2) is 5.38 Å². The minimum atomic E-state index is -0.0993. The van der Waals surface area contributed by atoms with Gasteiger partial charge in [-0.2, -0.15) is 0 Å². The van der Waals surface area contributed by atoms with Crippen molar-refractivity contribution in [2.24, 2.45) is 11.7 Å². The highest BCUT2D eigenvalue weighted by atomic mass is 35.5. The van der Waals surface area contributed by atoms with Crippen molar-refractivity contribution in [2.75, 3.05) is 6.54 Å². The van der Waals surface area contributed by atoms with E-state index in [0.717, 1.165) is 30.7 Å². The smallest absolute Gasteiger partial charge is 0.271 e. The van der Waals surface area contributed by atoms with Gasteiger partial charge in [0, 0.05) is 24.4 Å². The molecule has 1 unspecified atom stereocenters. The van der Waals surface area contributed by atoms with Crippen LogP contribution in [-0.2, 0) is 6.42 Å². The molecule has 0 aliphatic rings. The summed E-state index contributed by atoms with van der Waals surface area (Å²) in [5.41, 5.74) is 6.20. The highest BCUT2D eigenvalue weighted by molar-refractivity contribution is 7.09. The zero-order valence-corrected chi connectivity index (χ0v) is 15.4. The van der Waals surface area contributed by atoms with Gasteiger partial charge in [0.2, 0.25) is 0 Å². The molecular formula is C14H27Cl2N3OS. The normalized spacial score (nSPS) is 11.5. The van der Waals surface area contributed by atoms with Crippen molar-refractivity contribution in [3.8, 4) is 0 Å². The molecule has 0 saturated heterocycles. The van der Waals surface area contributed by atoms with Gasteiger partial charge >= 0.3 is 0 Å². The van der Waals surface area contributed by atoms with E-state index in [2.05, 4.69) is 31.1 Å². The van der Waals surface area contributed by atoms with Gasteiger partial charge in [-0.3, -0.25) is 4.79 Å². The molecule has 3 N–H and O–H groups in total. The van der Waals surface area contributed by atoms with Crippen molar-refractivity contribution in [2.45, 2.75) is 52.5 Å². The van der Waals surface area contributed by atoms with Gasteiger partial charge in [-0.25, -0.2) is 4.98 Å². The van der Waals surface area contributed by atoms with Crippen LogP contribution in [0.3, 0.4) is 0 Å². The second-order valence-electron chi connectivity index (χ2n) is 5.27. The number of rotatable bonds is 8. The van der Waals surface area contributed by atoms with Gasteiger partial charge in [0.1, 0.15) is 5.69 Å². The van der Waals surface area contributed by atoms with Gasteiger partial charge in [-0.1, -0.05) is 33.6 Å². The number of carbonyl (C=O) groups excluding carboxylic acids is 1. The Morgan fingerprint density at radius 2 is 2.10 bits per heavy atom. The average molecular weight is 356 g/mol. The Morgan fingerprint density at radius 1 is 1.43 bits per heavy atom. The molecule has 124 valence electrons.